The molecule has 220 valence electrons. The molecule has 0 aliphatic carbocycles. The average molecular weight is 637 g/mol. The lowest BCUT2D eigenvalue weighted by Gasteiger charge is -2.12. The van der Waals surface area contributed by atoms with Crippen LogP contribution >= 0.6 is 30.5 Å². The summed E-state index contributed by atoms with van der Waals surface area (Å²) in [6, 6.07) is 2.06. The van der Waals surface area contributed by atoms with Gasteiger partial charge in [0.25, 0.3) is 11.5 Å². The predicted octanol–water partition coefficient (Wildman–Crippen LogP) is 3.29. The molecular weight excluding hydrogens is 615 g/mol. The number of hydrogen-bond acceptors (Lipinski definition) is 7. The van der Waals surface area contributed by atoms with Crippen LogP contribution in [0.5, 0.6) is 0 Å². The molecule has 4 aromatic rings. The molecular formula is C23H21F4N4O7PS2. The van der Waals surface area contributed by atoms with Crippen molar-refractivity contribution < 1.29 is 41.2 Å². The van der Waals surface area contributed by atoms with Gasteiger partial charge in [-0.25, -0.2) is 13.8 Å². The lowest BCUT2D eigenvalue weighted by molar-refractivity contribution is -0.140. The number of carbonyl (C=O) groups excluding carboxylic acids is 1. The molecule has 0 radical (unpaired) electrons. The number of aromatic nitrogens is 3. The lowest BCUT2D eigenvalue weighted by Crippen LogP contribution is -2.36. The molecule has 1 amide bonds. The van der Waals surface area contributed by atoms with Crippen molar-refractivity contribution in [2.24, 2.45) is 19.1 Å². The molecule has 3 aromatic heterocycles. The molecule has 2 N–H and O–H groups in total. The van der Waals surface area contributed by atoms with Crippen molar-refractivity contribution in [3.8, 4) is 11.3 Å². The van der Waals surface area contributed by atoms with E-state index in [0.29, 0.717) is 33.8 Å². The highest BCUT2D eigenvalue weighted by Crippen LogP contribution is 2.37. The van der Waals surface area contributed by atoms with Gasteiger partial charge in [0.05, 0.1) is 23.1 Å². The molecule has 0 aliphatic heterocycles. The molecule has 11 nitrogen and oxygen atoms in total. The number of hydrogen-bond donors (Lipinski definition) is 2. The number of phosphoric acid groups is 1. The summed E-state index contributed by atoms with van der Waals surface area (Å²) in [5, 5.41) is 1.49. The molecule has 0 bridgehead atoms. The zero-order chi connectivity index (χ0) is 30.4. The Bertz CT molecular complexity index is 1910. The minimum atomic E-state index is -5.04. The van der Waals surface area contributed by atoms with Crippen LogP contribution in [-0.4, -0.2) is 29.4 Å². The van der Waals surface area contributed by atoms with Crippen LogP contribution in [-0.2, 0) is 53.7 Å². The van der Waals surface area contributed by atoms with E-state index in [4.69, 9.17) is 0 Å². The highest BCUT2D eigenvalue weighted by molar-refractivity contribution is 7.46. The first-order valence-electron chi connectivity index (χ1n) is 11.6. The molecule has 0 saturated carbocycles. The number of rotatable bonds is 7. The molecule has 18 heteroatoms. The van der Waals surface area contributed by atoms with Crippen LogP contribution in [0, 0.1) is 5.82 Å². The normalized spacial score (nSPS) is 13.0. The molecule has 0 atom stereocenters. The number of carbonyl (C=O) groups is 1. The van der Waals surface area contributed by atoms with Crippen molar-refractivity contribution in [3.63, 3.8) is 0 Å². The largest absolute Gasteiger partial charge is 0.471 e. The molecule has 0 fully saturated rings. The van der Waals surface area contributed by atoms with E-state index in [-0.39, 0.29) is 27.9 Å². The summed E-state index contributed by atoms with van der Waals surface area (Å²) in [4.78, 5) is 61.7. The van der Waals surface area contributed by atoms with Gasteiger partial charge in [0.15, 0.2) is 4.80 Å². The number of thiazole rings is 1. The first-order chi connectivity index (χ1) is 19.0. The maximum atomic E-state index is 14.3. The van der Waals surface area contributed by atoms with Crippen LogP contribution in [0.1, 0.15) is 22.9 Å². The Hall–Kier alpha value is -3.21. The zero-order valence-corrected chi connectivity index (χ0v) is 24.0. The fourth-order valence-electron chi connectivity index (χ4n) is 4.10. The molecule has 0 unspecified atom stereocenters. The van der Waals surface area contributed by atoms with Crippen molar-refractivity contribution in [3.05, 3.63) is 71.0 Å². The van der Waals surface area contributed by atoms with E-state index >= 15 is 0 Å². The Morgan fingerprint density at radius 3 is 2.44 bits per heavy atom. The topological polar surface area (TPSA) is 145 Å². The maximum Gasteiger partial charge on any atom is 0.471 e. The van der Waals surface area contributed by atoms with Crippen LogP contribution in [0.15, 0.2) is 38.2 Å². The standard InChI is InChI=1S/C23H21F4N4O7PS2/c1-4-16-12(18-19(33)29(2)22(34)30(3)20(18)41-16)8-17(32)28-21-31(10-38-39(35,36)37)15(9-40-21)11-5-6-13(14(24)7-11)23(25,26)27/h5-7,9H,4,8,10H2,1-3H3,(H2,35,36,37)/b28-21-. The van der Waals surface area contributed by atoms with Gasteiger partial charge in [0.1, 0.15) is 17.4 Å². The van der Waals surface area contributed by atoms with Gasteiger partial charge >= 0.3 is 19.7 Å². The summed E-state index contributed by atoms with van der Waals surface area (Å²) < 4.78 is 72.4. The van der Waals surface area contributed by atoms with Gasteiger partial charge in [0.2, 0.25) is 0 Å². The van der Waals surface area contributed by atoms with E-state index in [1.165, 1.54) is 35.4 Å². The molecule has 1 aromatic carbocycles. The highest BCUT2D eigenvalue weighted by Gasteiger charge is 2.34. The van der Waals surface area contributed by atoms with E-state index in [1.54, 1.807) is 6.92 Å². The Morgan fingerprint density at radius 1 is 1.17 bits per heavy atom. The Labute approximate surface area is 235 Å². The van der Waals surface area contributed by atoms with Crippen LogP contribution in [0.25, 0.3) is 21.5 Å². The molecule has 0 aliphatic rings. The SMILES string of the molecule is CCc1sc2c(c1CC(=O)/N=c1\scc(-c3ccc(C(F)(F)F)c(F)c3)n1COP(=O)(O)O)c(=O)n(C)c(=O)n2C. The number of halogens is 4. The van der Waals surface area contributed by atoms with Crippen molar-refractivity contribution in [1.82, 2.24) is 13.7 Å². The molecule has 4 rings (SSSR count). The number of fused-ring (bicyclic) bond motifs is 1. The van der Waals surface area contributed by atoms with Gasteiger partial charge in [-0.15, -0.1) is 22.7 Å². The van der Waals surface area contributed by atoms with Crippen molar-refractivity contribution in [1.29, 1.82) is 0 Å². The van der Waals surface area contributed by atoms with Crippen LogP contribution in [0.3, 0.4) is 0 Å². The first-order valence-corrected chi connectivity index (χ1v) is 14.8. The Kier molecular flexibility index (Phi) is 8.42. The molecule has 3 heterocycles. The summed E-state index contributed by atoms with van der Waals surface area (Å²) in [5.41, 5.74) is -2.39. The number of aryl methyl sites for hydroxylation is 2. The molecule has 0 saturated heterocycles. The smallest absolute Gasteiger partial charge is 0.303 e. The van der Waals surface area contributed by atoms with Crippen LogP contribution in [0.4, 0.5) is 17.6 Å². The summed E-state index contributed by atoms with van der Waals surface area (Å²) in [6.07, 6.45) is -4.86. The van der Waals surface area contributed by atoms with Crippen molar-refractivity contribution in [2.45, 2.75) is 32.7 Å². The van der Waals surface area contributed by atoms with Gasteiger partial charge in [-0.3, -0.25) is 27.8 Å². The summed E-state index contributed by atoms with van der Waals surface area (Å²) in [7, 11) is -2.24. The van der Waals surface area contributed by atoms with Gasteiger partial charge in [0, 0.05) is 29.9 Å². The number of nitrogens with zero attached hydrogens (tertiary/aromatic N) is 4. The average Bonchev–Trinajstić information content (AvgIpc) is 3.44. The maximum absolute atomic E-state index is 14.3. The fourth-order valence-corrected chi connectivity index (χ4v) is 6.48. The Balaban J connectivity index is 1.81. The summed E-state index contributed by atoms with van der Waals surface area (Å²) in [5.74, 6) is -2.35. The number of amides is 1. The third-order valence-corrected chi connectivity index (χ3v) is 8.83. The molecule has 41 heavy (non-hydrogen) atoms. The van der Waals surface area contributed by atoms with Gasteiger partial charge in [-0.2, -0.15) is 18.2 Å². The summed E-state index contributed by atoms with van der Waals surface area (Å²) >= 11 is 1.98. The number of alkyl halides is 3. The van der Waals surface area contributed by atoms with Gasteiger partial charge < -0.3 is 9.79 Å². The van der Waals surface area contributed by atoms with E-state index in [0.717, 1.165) is 26.5 Å². The van der Waals surface area contributed by atoms with E-state index < -0.39 is 49.3 Å². The Morgan fingerprint density at radius 2 is 1.85 bits per heavy atom. The minimum Gasteiger partial charge on any atom is -0.303 e. The third-order valence-electron chi connectivity index (χ3n) is 6.06. The predicted molar refractivity (Wildman–Crippen MR) is 142 cm³/mol. The second kappa shape index (κ2) is 11.2. The number of thiophene rings is 1. The van der Waals surface area contributed by atoms with Crippen LogP contribution < -0.4 is 16.1 Å². The fraction of sp³-hybridized carbons (Fsp3) is 0.304. The van der Waals surface area contributed by atoms with E-state index in [9.17, 15) is 46.3 Å². The minimum absolute atomic E-state index is 0.0262. The number of phosphoric ester groups is 1. The summed E-state index contributed by atoms with van der Waals surface area (Å²) in [6.45, 7) is 0.933. The zero-order valence-electron chi connectivity index (χ0n) is 21.4. The molecule has 0 spiro atoms. The quantitative estimate of drug-likeness (QED) is 0.234. The van der Waals surface area contributed by atoms with E-state index in [1.807, 2.05) is 0 Å². The second-order valence-electron chi connectivity index (χ2n) is 8.70. The monoisotopic (exact) mass is 636 g/mol. The third kappa shape index (κ3) is 6.19. The van der Waals surface area contributed by atoms with Crippen molar-refractivity contribution >= 4 is 46.6 Å². The number of benzene rings is 1. The van der Waals surface area contributed by atoms with Gasteiger partial charge in [-0.1, -0.05) is 13.0 Å². The second-order valence-corrected chi connectivity index (χ2v) is 11.9. The van der Waals surface area contributed by atoms with Crippen LogP contribution in [0.2, 0.25) is 0 Å². The lowest BCUT2D eigenvalue weighted by atomic mass is 10.1. The first kappa shape index (κ1) is 30.7. The highest BCUT2D eigenvalue weighted by atomic mass is 32.1. The van der Waals surface area contributed by atoms with Gasteiger partial charge in [-0.05, 0) is 24.1 Å². The van der Waals surface area contributed by atoms with E-state index in [2.05, 4.69) is 9.52 Å². The van der Waals surface area contributed by atoms with Crippen molar-refractivity contribution in [2.75, 3.05) is 0 Å².